The third kappa shape index (κ3) is 2.43. The van der Waals surface area contributed by atoms with Crippen molar-refractivity contribution in [1.82, 2.24) is 9.62 Å². The van der Waals surface area contributed by atoms with E-state index in [0.29, 0.717) is 18.0 Å². The normalized spacial score (nSPS) is 26.2. The molecule has 0 aliphatic carbocycles. The van der Waals surface area contributed by atoms with Crippen molar-refractivity contribution < 1.29 is 8.42 Å². The van der Waals surface area contributed by atoms with Crippen LogP contribution in [-0.4, -0.2) is 37.9 Å². The summed E-state index contributed by atoms with van der Waals surface area (Å²) in [6, 6.07) is 7.34. The largest absolute Gasteiger partial charge is 0.311 e. The molecule has 0 radical (unpaired) electrons. The summed E-state index contributed by atoms with van der Waals surface area (Å²) in [5, 5.41) is 3.29. The molecule has 0 bridgehead atoms. The SMILES string of the molecule is Cc1ccccc1S(=O)(=O)N1CC(C)NCC1C. The minimum Gasteiger partial charge on any atom is -0.311 e. The Balaban J connectivity index is 2.39. The second-order valence-electron chi connectivity index (χ2n) is 5.00. The van der Waals surface area contributed by atoms with Crippen LogP contribution in [0.3, 0.4) is 0 Å². The third-order valence-corrected chi connectivity index (χ3v) is 5.53. The second-order valence-corrected chi connectivity index (χ2v) is 6.86. The van der Waals surface area contributed by atoms with Crippen LogP contribution in [0.25, 0.3) is 0 Å². The summed E-state index contributed by atoms with van der Waals surface area (Å²) in [7, 11) is -3.38. The van der Waals surface area contributed by atoms with Gasteiger partial charge in [0.25, 0.3) is 0 Å². The van der Waals surface area contributed by atoms with Gasteiger partial charge in [0.1, 0.15) is 0 Å². The van der Waals surface area contributed by atoms with Crippen LogP contribution >= 0.6 is 0 Å². The minimum absolute atomic E-state index is 0.00851. The number of hydrogen-bond donors (Lipinski definition) is 1. The fourth-order valence-electron chi connectivity index (χ4n) is 2.30. The molecular formula is C13H20N2O2S. The zero-order valence-electron chi connectivity index (χ0n) is 11.1. The van der Waals surface area contributed by atoms with Crippen LogP contribution in [-0.2, 0) is 10.0 Å². The smallest absolute Gasteiger partial charge is 0.243 e. The van der Waals surface area contributed by atoms with E-state index in [4.69, 9.17) is 0 Å². The van der Waals surface area contributed by atoms with Crippen LogP contribution < -0.4 is 5.32 Å². The molecule has 5 heteroatoms. The van der Waals surface area contributed by atoms with E-state index in [9.17, 15) is 8.42 Å². The predicted molar refractivity (Wildman–Crippen MR) is 72.0 cm³/mol. The molecule has 18 heavy (non-hydrogen) atoms. The molecular weight excluding hydrogens is 248 g/mol. The minimum atomic E-state index is -3.38. The Morgan fingerprint density at radius 1 is 1.28 bits per heavy atom. The summed E-state index contributed by atoms with van der Waals surface area (Å²) in [5.41, 5.74) is 0.802. The topological polar surface area (TPSA) is 49.4 Å². The molecule has 1 aromatic carbocycles. The van der Waals surface area contributed by atoms with Crippen molar-refractivity contribution in [3.63, 3.8) is 0 Å². The van der Waals surface area contributed by atoms with Crippen molar-refractivity contribution in [2.24, 2.45) is 0 Å². The van der Waals surface area contributed by atoms with E-state index in [0.717, 1.165) is 5.56 Å². The highest BCUT2D eigenvalue weighted by atomic mass is 32.2. The quantitative estimate of drug-likeness (QED) is 0.881. The molecule has 4 nitrogen and oxygen atoms in total. The lowest BCUT2D eigenvalue weighted by atomic mass is 10.2. The van der Waals surface area contributed by atoms with Gasteiger partial charge < -0.3 is 5.32 Å². The van der Waals surface area contributed by atoms with Gasteiger partial charge in [-0.3, -0.25) is 0 Å². The van der Waals surface area contributed by atoms with Crippen LogP contribution in [0.1, 0.15) is 19.4 Å². The molecule has 0 amide bonds. The maximum atomic E-state index is 12.7. The van der Waals surface area contributed by atoms with Crippen LogP contribution in [0, 0.1) is 6.92 Å². The molecule has 1 aromatic rings. The molecule has 1 N–H and O–H groups in total. The van der Waals surface area contributed by atoms with Gasteiger partial charge in [-0.05, 0) is 32.4 Å². The average Bonchev–Trinajstić information content (AvgIpc) is 2.32. The van der Waals surface area contributed by atoms with Crippen molar-refractivity contribution in [3.8, 4) is 0 Å². The Kier molecular flexibility index (Phi) is 3.75. The van der Waals surface area contributed by atoms with Gasteiger partial charge in [-0.2, -0.15) is 4.31 Å². The highest BCUT2D eigenvalue weighted by Crippen LogP contribution is 2.23. The standard InChI is InChI=1S/C13H20N2O2S/c1-10-6-4-5-7-13(10)18(16,17)15-9-11(2)14-8-12(15)3/h4-7,11-12,14H,8-9H2,1-3H3. The maximum Gasteiger partial charge on any atom is 0.243 e. The first-order valence-corrected chi connectivity index (χ1v) is 7.68. The Morgan fingerprint density at radius 3 is 2.61 bits per heavy atom. The summed E-state index contributed by atoms with van der Waals surface area (Å²) in [4.78, 5) is 0.422. The summed E-state index contributed by atoms with van der Waals surface area (Å²) in [6.07, 6.45) is 0. The van der Waals surface area contributed by atoms with Gasteiger partial charge in [0.05, 0.1) is 4.90 Å². The summed E-state index contributed by atoms with van der Waals surface area (Å²) < 4.78 is 26.9. The Morgan fingerprint density at radius 2 is 1.94 bits per heavy atom. The molecule has 0 spiro atoms. The zero-order chi connectivity index (χ0) is 13.3. The fourth-order valence-corrected chi connectivity index (χ4v) is 4.24. The first kappa shape index (κ1) is 13.5. The Bertz CT molecular complexity index is 528. The highest BCUT2D eigenvalue weighted by molar-refractivity contribution is 7.89. The number of aryl methyl sites for hydroxylation is 1. The van der Waals surface area contributed by atoms with Gasteiger partial charge in [0, 0.05) is 25.2 Å². The number of sulfonamides is 1. The van der Waals surface area contributed by atoms with E-state index < -0.39 is 10.0 Å². The van der Waals surface area contributed by atoms with Crippen molar-refractivity contribution in [2.75, 3.05) is 13.1 Å². The summed E-state index contributed by atoms with van der Waals surface area (Å²) in [5.74, 6) is 0. The summed E-state index contributed by atoms with van der Waals surface area (Å²) >= 11 is 0. The lowest BCUT2D eigenvalue weighted by Crippen LogP contribution is -2.56. The molecule has 1 heterocycles. The number of rotatable bonds is 2. The van der Waals surface area contributed by atoms with Crippen molar-refractivity contribution >= 4 is 10.0 Å². The number of nitrogens with one attached hydrogen (secondary N) is 1. The predicted octanol–water partition coefficient (Wildman–Crippen LogP) is 1.37. The van der Waals surface area contributed by atoms with Crippen molar-refractivity contribution in [3.05, 3.63) is 29.8 Å². The van der Waals surface area contributed by atoms with E-state index in [1.165, 1.54) is 0 Å². The highest BCUT2D eigenvalue weighted by Gasteiger charge is 2.33. The van der Waals surface area contributed by atoms with Crippen LogP contribution in [0.4, 0.5) is 0 Å². The van der Waals surface area contributed by atoms with Gasteiger partial charge >= 0.3 is 0 Å². The van der Waals surface area contributed by atoms with E-state index >= 15 is 0 Å². The third-order valence-electron chi connectivity index (χ3n) is 3.39. The molecule has 100 valence electrons. The molecule has 0 saturated carbocycles. The van der Waals surface area contributed by atoms with Gasteiger partial charge in [-0.25, -0.2) is 8.42 Å². The molecule has 1 aliphatic heterocycles. The monoisotopic (exact) mass is 268 g/mol. The fraction of sp³-hybridized carbons (Fsp3) is 0.538. The van der Waals surface area contributed by atoms with Gasteiger partial charge in [-0.1, -0.05) is 18.2 Å². The number of benzene rings is 1. The van der Waals surface area contributed by atoms with Crippen molar-refractivity contribution in [2.45, 2.75) is 37.8 Å². The molecule has 2 unspecified atom stereocenters. The average molecular weight is 268 g/mol. The lowest BCUT2D eigenvalue weighted by Gasteiger charge is -2.36. The molecule has 1 saturated heterocycles. The molecule has 2 rings (SSSR count). The number of nitrogens with zero attached hydrogens (tertiary/aromatic N) is 1. The number of piperazine rings is 1. The van der Waals surface area contributed by atoms with E-state index in [1.807, 2.05) is 32.9 Å². The van der Waals surface area contributed by atoms with Gasteiger partial charge in [0.15, 0.2) is 0 Å². The van der Waals surface area contributed by atoms with Gasteiger partial charge in [0.2, 0.25) is 10.0 Å². The first-order chi connectivity index (χ1) is 8.43. The Hall–Kier alpha value is -0.910. The molecule has 0 aromatic heterocycles. The van der Waals surface area contributed by atoms with E-state index in [2.05, 4.69) is 5.32 Å². The maximum absolute atomic E-state index is 12.7. The van der Waals surface area contributed by atoms with E-state index in [1.54, 1.807) is 16.4 Å². The first-order valence-electron chi connectivity index (χ1n) is 6.24. The van der Waals surface area contributed by atoms with Crippen LogP contribution in [0.5, 0.6) is 0 Å². The second kappa shape index (κ2) is 4.99. The van der Waals surface area contributed by atoms with Crippen LogP contribution in [0.15, 0.2) is 29.2 Å². The van der Waals surface area contributed by atoms with E-state index in [-0.39, 0.29) is 12.1 Å². The van der Waals surface area contributed by atoms with Crippen molar-refractivity contribution in [1.29, 1.82) is 0 Å². The van der Waals surface area contributed by atoms with Gasteiger partial charge in [-0.15, -0.1) is 0 Å². The van der Waals surface area contributed by atoms with Crippen LogP contribution in [0.2, 0.25) is 0 Å². The molecule has 1 aliphatic rings. The molecule has 1 fully saturated rings. The zero-order valence-corrected chi connectivity index (χ0v) is 11.9. The lowest BCUT2D eigenvalue weighted by molar-refractivity contribution is 0.244. The number of hydrogen-bond acceptors (Lipinski definition) is 3. The Labute approximate surface area is 109 Å². The summed E-state index contributed by atoms with van der Waals surface area (Å²) in [6.45, 7) is 7.01. The molecule has 2 atom stereocenters.